The monoisotopic (exact) mass is 308 g/mol. The van der Waals surface area contributed by atoms with E-state index < -0.39 is 0 Å². The Balaban J connectivity index is 1.84. The second kappa shape index (κ2) is 7.33. The fourth-order valence-corrected chi connectivity index (χ4v) is 2.77. The second-order valence-electron chi connectivity index (χ2n) is 5.17. The van der Waals surface area contributed by atoms with Crippen molar-refractivity contribution >= 4 is 33.1 Å². The van der Waals surface area contributed by atoms with Crippen LogP contribution in [0.4, 0.5) is 5.69 Å². The third-order valence-corrected chi connectivity index (χ3v) is 3.93. The van der Waals surface area contributed by atoms with E-state index in [-0.39, 0.29) is 5.91 Å². The number of aromatic nitrogens is 2. The minimum atomic E-state index is -0.167. The summed E-state index contributed by atoms with van der Waals surface area (Å²) in [6.45, 7) is 6.17. The van der Waals surface area contributed by atoms with Gasteiger partial charge in [0, 0.05) is 25.1 Å². The first-order valence-corrected chi connectivity index (χ1v) is 7.77. The van der Waals surface area contributed by atoms with E-state index in [9.17, 15) is 4.79 Å². The number of hydrogen-bond acceptors (Lipinski definition) is 6. The zero-order valence-electron chi connectivity index (χ0n) is 12.3. The molecule has 0 aliphatic heterocycles. The second-order valence-corrected chi connectivity index (χ2v) is 6.17. The molecular formula is C14H20N4O2S. The number of carbonyl (C=O) groups is 1. The molecule has 0 bridgehead atoms. The number of ether oxygens (including phenoxy) is 1. The van der Waals surface area contributed by atoms with Crippen LogP contribution in [0, 0.1) is 5.92 Å². The van der Waals surface area contributed by atoms with Gasteiger partial charge in [0.15, 0.2) is 0 Å². The van der Waals surface area contributed by atoms with Gasteiger partial charge in [-0.2, -0.15) is 5.10 Å². The van der Waals surface area contributed by atoms with Crippen molar-refractivity contribution in [2.75, 3.05) is 25.5 Å². The lowest BCUT2D eigenvalue weighted by Crippen LogP contribution is -2.25. The zero-order valence-corrected chi connectivity index (χ0v) is 13.1. The number of anilines is 1. The van der Waals surface area contributed by atoms with Crippen LogP contribution in [0.25, 0.3) is 10.2 Å². The molecule has 0 spiro atoms. The third kappa shape index (κ3) is 4.12. The van der Waals surface area contributed by atoms with E-state index in [2.05, 4.69) is 29.4 Å². The normalized spacial score (nSPS) is 11.2. The van der Waals surface area contributed by atoms with E-state index in [1.54, 1.807) is 12.3 Å². The number of amides is 1. The van der Waals surface area contributed by atoms with Gasteiger partial charge >= 0.3 is 0 Å². The van der Waals surface area contributed by atoms with Crippen molar-refractivity contribution in [1.29, 1.82) is 0 Å². The fraction of sp³-hybridized carbons (Fsp3) is 0.500. The van der Waals surface area contributed by atoms with Gasteiger partial charge in [-0.3, -0.25) is 4.79 Å². The van der Waals surface area contributed by atoms with Crippen LogP contribution >= 0.6 is 11.3 Å². The maximum Gasteiger partial charge on any atom is 0.263 e. The van der Waals surface area contributed by atoms with Crippen LogP contribution in [0.2, 0.25) is 0 Å². The first-order chi connectivity index (χ1) is 10.1. The molecule has 0 aliphatic carbocycles. The molecule has 21 heavy (non-hydrogen) atoms. The summed E-state index contributed by atoms with van der Waals surface area (Å²) in [5.74, 6) is 0.360. The number of carbonyl (C=O) groups excluding carboxylic acids is 1. The minimum Gasteiger partial charge on any atom is -0.397 e. The predicted octanol–water partition coefficient (Wildman–Crippen LogP) is 2.07. The molecule has 2 rings (SSSR count). The SMILES string of the molecule is CC(C)COCCCNC(=O)c1sc2nnccc2c1N. The van der Waals surface area contributed by atoms with E-state index in [1.165, 1.54) is 11.3 Å². The Morgan fingerprint density at radius 2 is 2.33 bits per heavy atom. The third-order valence-electron chi connectivity index (χ3n) is 2.83. The van der Waals surface area contributed by atoms with Gasteiger partial charge in [0.25, 0.3) is 5.91 Å². The Hall–Kier alpha value is -1.73. The molecule has 0 atom stereocenters. The number of hydrogen-bond donors (Lipinski definition) is 2. The van der Waals surface area contributed by atoms with Gasteiger partial charge in [0.2, 0.25) is 0 Å². The number of nitrogens with one attached hydrogen (secondary N) is 1. The maximum absolute atomic E-state index is 12.1. The molecule has 0 saturated heterocycles. The highest BCUT2D eigenvalue weighted by Gasteiger charge is 2.16. The van der Waals surface area contributed by atoms with E-state index >= 15 is 0 Å². The molecule has 6 nitrogen and oxygen atoms in total. The summed E-state index contributed by atoms with van der Waals surface area (Å²) in [4.78, 5) is 13.3. The zero-order chi connectivity index (χ0) is 15.2. The van der Waals surface area contributed by atoms with Crippen LogP contribution in [0.5, 0.6) is 0 Å². The molecule has 0 aromatic carbocycles. The van der Waals surface area contributed by atoms with Crippen molar-refractivity contribution in [3.05, 3.63) is 17.1 Å². The first kappa shape index (κ1) is 15.7. The molecule has 0 aliphatic rings. The lowest BCUT2D eigenvalue weighted by molar-refractivity contribution is 0.0929. The van der Waals surface area contributed by atoms with Gasteiger partial charge in [-0.25, -0.2) is 0 Å². The topological polar surface area (TPSA) is 90.1 Å². The van der Waals surface area contributed by atoms with Crippen LogP contribution in [0.15, 0.2) is 12.3 Å². The van der Waals surface area contributed by atoms with Gasteiger partial charge in [0.05, 0.1) is 11.9 Å². The van der Waals surface area contributed by atoms with Gasteiger partial charge in [-0.05, 0) is 18.4 Å². The molecule has 1 amide bonds. The van der Waals surface area contributed by atoms with Crippen LogP contribution in [0.3, 0.4) is 0 Å². The largest absolute Gasteiger partial charge is 0.397 e. The summed E-state index contributed by atoms with van der Waals surface area (Å²) in [5.41, 5.74) is 6.45. The molecule has 0 fully saturated rings. The molecule has 2 aromatic rings. The van der Waals surface area contributed by atoms with E-state index in [1.807, 2.05) is 0 Å². The first-order valence-electron chi connectivity index (χ1n) is 6.95. The van der Waals surface area contributed by atoms with Crippen molar-refractivity contribution in [2.45, 2.75) is 20.3 Å². The standard InChI is InChI=1S/C14H20N4O2S/c1-9(2)8-20-7-3-5-16-13(19)12-11(15)10-4-6-17-18-14(10)21-12/h4,6,9H,3,5,7-8,15H2,1-2H3,(H,16,19). The highest BCUT2D eigenvalue weighted by Crippen LogP contribution is 2.31. The molecule has 3 N–H and O–H groups in total. The van der Waals surface area contributed by atoms with Crippen molar-refractivity contribution < 1.29 is 9.53 Å². The summed E-state index contributed by atoms with van der Waals surface area (Å²) in [6, 6.07) is 1.77. The predicted molar refractivity (Wildman–Crippen MR) is 84.4 cm³/mol. The van der Waals surface area contributed by atoms with E-state index in [0.717, 1.165) is 18.4 Å². The van der Waals surface area contributed by atoms with Crippen LogP contribution < -0.4 is 11.1 Å². The highest BCUT2D eigenvalue weighted by molar-refractivity contribution is 7.21. The molecule has 0 saturated carbocycles. The highest BCUT2D eigenvalue weighted by atomic mass is 32.1. The molecular weight excluding hydrogens is 288 g/mol. The fourth-order valence-electron chi connectivity index (χ4n) is 1.82. The number of nitrogens with zero attached hydrogens (tertiary/aromatic N) is 2. The van der Waals surface area contributed by atoms with Crippen molar-refractivity contribution in [3.8, 4) is 0 Å². The molecule has 2 heterocycles. The number of nitrogen functional groups attached to an aromatic ring is 1. The Bertz CT molecular complexity index is 612. The van der Waals surface area contributed by atoms with Crippen molar-refractivity contribution in [1.82, 2.24) is 15.5 Å². The van der Waals surface area contributed by atoms with Gasteiger partial charge in [-0.1, -0.05) is 13.8 Å². The Morgan fingerprint density at radius 3 is 3.05 bits per heavy atom. The smallest absolute Gasteiger partial charge is 0.263 e. The summed E-state index contributed by atoms with van der Waals surface area (Å²) in [6.07, 6.45) is 2.35. The van der Waals surface area contributed by atoms with E-state index in [0.29, 0.717) is 34.5 Å². The Kier molecular flexibility index (Phi) is 5.46. The van der Waals surface area contributed by atoms with Gasteiger partial charge in [-0.15, -0.1) is 16.4 Å². The lowest BCUT2D eigenvalue weighted by Gasteiger charge is -2.07. The molecule has 114 valence electrons. The van der Waals surface area contributed by atoms with Crippen molar-refractivity contribution in [2.24, 2.45) is 5.92 Å². The van der Waals surface area contributed by atoms with E-state index in [4.69, 9.17) is 10.5 Å². The number of rotatable bonds is 7. The average molecular weight is 308 g/mol. The Morgan fingerprint density at radius 1 is 1.52 bits per heavy atom. The average Bonchev–Trinajstić information content (AvgIpc) is 2.80. The number of thiophene rings is 1. The summed E-state index contributed by atoms with van der Waals surface area (Å²) in [7, 11) is 0. The lowest BCUT2D eigenvalue weighted by atomic mass is 10.2. The summed E-state index contributed by atoms with van der Waals surface area (Å²) in [5, 5.41) is 11.4. The maximum atomic E-state index is 12.1. The minimum absolute atomic E-state index is 0.167. The molecule has 7 heteroatoms. The number of nitrogens with two attached hydrogens (primary N) is 1. The molecule has 0 radical (unpaired) electrons. The molecule has 2 aromatic heterocycles. The summed E-state index contributed by atoms with van der Waals surface area (Å²) >= 11 is 1.26. The van der Waals surface area contributed by atoms with Crippen LogP contribution in [-0.2, 0) is 4.74 Å². The van der Waals surface area contributed by atoms with Crippen molar-refractivity contribution in [3.63, 3.8) is 0 Å². The van der Waals surface area contributed by atoms with Gasteiger partial charge < -0.3 is 15.8 Å². The van der Waals surface area contributed by atoms with Crippen LogP contribution in [-0.4, -0.2) is 35.9 Å². The molecule has 0 unspecified atom stereocenters. The van der Waals surface area contributed by atoms with Gasteiger partial charge in [0.1, 0.15) is 9.71 Å². The summed E-state index contributed by atoms with van der Waals surface area (Å²) < 4.78 is 5.46. The Labute approximate surface area is 127 Å². The van der Waals surface area contributed by atoms with Crippen LogP contribution in [0.1, 0.15) is 29.9 Å². The quantitative estimate of drug-likeness (QED) is 0.764. The number of fused-ring (bicyclic) bond motifs is 1.